The summed E-state index contributed by atoms with van der Waals surface area (Å²) in [6.45, 7) is 4.37. The number of hydrogen-bond acceptors (Lipinski definition) is 5. The summed E-state index contributed by atoms with van der Waals surface area (Å²) in [6.07, 6.45) is 0. The lowest BCUT2D eigenvalue weighted by molar-refractivity contribution is 0.384. The number of nitrogens with one attached hydrogen (secondary N) is 1. The Balaban J connectivity index is 1.95. The second-order valence-electron chi connectivity index (χ2n) is 4.07. The Bertz CT molecular complexity index is 553. The van der Waals surface area contributed by atoms with Crippen molar-refractivity contribution in [3.05, 3.63) is 47.1 Å². The molecule has 0 aliphatic carbocycles. The standard InChI is InChI=1S/C13H14N4O/c1-9(12-5-3-11(7-14)4-6-12)15-8-13-16-10(2)18-17-13/h3-6,9,15H,8H2,1-2H3. The molecule has 18 heavy (non-hydrogen) atoms. The molecule has 1 aromatic carbocycles. The van der Waals surface area contributed by atoms with E-state index in [0.29, 0.717) is 23.8 Å². The summed E-state index contributed by atoms with van der Waals surface area (Å²) in [4.78, 5) is 4.12. The van der Waals surface area contributed by atoms with Gasteiger partial charge in [-0.05, 0) is 24.6 Å². The molecule has 0 spiro atoms. The van der Waals surface area contributed by atoms with Crippen LogP contribution in [0, 0.1) is 18.3 Å². The van der Waals surface area contributed by atoms with Gasteiger partial charge in [0.25, 0.3) is 0 Å². The molecule has 0 amide bonds. The molecule has 0 radical (unpaired) electrons. The number of hydrogen-bond donors (Lipinski definition) is 1. The van der Waals surface area contributed by atoms with Gasteiger partial charge in [0.1, 0.15) is 0 Å². The summed E-state index contributed by atoms with van der Waals surface area (Å²) in [5, 5.41) is 15.8. The van der Waals surface area contributed by atoms with Crippen molar-refractivity contribution in [1.29, 1.82) is 5.26 Å². The third-order valence-electron chi connectivity index (χ3n) is 2.68. The van der Waals surface area contributed by atoms with Gasteiger partial charge < -0.3 is 9.84 Å². The van der Waals surface area contributed by atoms with Gasteiger partial charge in [0.05, 0.1) is 18.2 Å². The highest BCUT2D eigenvalue weighted by atomic mass is 16.5. The zero-order valence-corrected chi connectivity index (χ0v) is 10.3. The maximum atomic E-state index is 8.73. The van der Waals surface area contributed by atoms with Crippen molar-refractivity contribution in [3.63, 3.8) is 0 Å². The van der Waals surface area contributed by atoms with E-state index >= 15 is 0 Å². The van der Waals surface area contributed by atoms with E-state index in [1.165, 1.54) is 0 Å². The van der Waals surface area contributed by atoms with E-state index in [1.54, 1.807) is 6.92 Å². The number of aromatic nitrogens is 2. The van der Waals surface area contributed by atoms with Crippen LogP contribution in [0.2, 0.25) is 0 Å². The highest BCUT2D eigenvalue weighted by Crippen LogP contribution is 2.13. The van der Waals surface area contributed by atoms with E-state index in [9.17, 15) is 0 Å². The van der Waals surface area contributed by atoms with Gasteiger partial charge in [0.15, 0.2) is 5.82 Å². The van der Waals surface area contributed by atoms with Crippen LogP contribution in [-0.4, -0.2) is 10.1 Å². The van der Waals surface area contributed by atoms with Crippen LogP contribution in [0.5, 0.6) is 0 Å². The molecule has 0 fully saturated rings. The topological polar surface area (TPSA) is 74.7 Å². The summed E-state index contributed by atoms with van der Waals surface area (Å²) in [7, 11) is 0. The zero-order chi connectivity index (χ0) is 13.0. The highest BCUT2D eigenvalue weighted by Gasteiger charge is 2.07. The Labute approximate surface area is 105 Å². The fraction of sp³-hybridized carbons (Fsp3) is 0.308. The zero-order valence-electron chi connectivity index (χ0n) is 10.3. The minimum Gasteiger partial charge on any atom is -0.340 e. The maximum absolute atomic E-state index is 8.73. The molecule has 2 rings (SSSR count). The fourth-order valence-corrected chi connectivity index (χ4v) is 1.62. The van der Waals surface area contributed by atoms with E-state index in [-0.39, 0.29) is 6.04 Å². The number of rotatable bonds is 4. The molecule has 0 aliphatic heterocycles. The molecule has 2 aromatic rings. The molecule has 1 N–H and O–H groups in total. The largest absolute Gasteiger partial charge is 0.340 e. The lowest BCUT2D eigenvalue weighted by Crippen LogP contribution is -2.18. The van der Waals surface area contributed by atoms with Crippen molar-refractivity contribution < 1.29 is 4.52 Å². The molecule has 0 saturated heterocycles. The Morgan fingerprint density at radius 1 is 1.39 bits per heavy atom. The van der Waals surface area contributed by atoms with Gasteiger partial charge in [-0.15, -0.1) is 0 Å². The van der Waals surface area contributed by atoms with Gasteiger partial charge in [-0.1, -0.05) is 17.3 Å². The van der Waals surface area contributed by atoms with E-state index in [4.69, 9.17) is 9.78 Å². The summed E-state index contributed by atoms with van der Waals surface area (Å²) >= 11 is 0. The SMILES string of the molecule is Cc1nc(CNC(C)c2ccc(C#N)cc2)no1. The normalized spacial score (nSPS) is 12.1. The first-order chi connectivity index (χ1) is 8.69. The summed E-state index contributed by atoms with van der Waals surface area (Å²) in [5.74, 6) is 1.21. The van der Waals surface area contributed by atoms with Crippen LogP contribution in [0.3, 0.4) is 0 Å². The number of nitrogens with zero attached hydrogens (tertiary/aromatic N) is 3. The van der Waals surface area contributed by atoms with Gasteiger partial charge >= 0.3 is 0 Å². The van der Waals surface area contributed by atoms with Crippen LogP contribution in [0.15, 0.2) is 28.8 Å². The first kappa shape index (κ1) is 12.3. The minimum atomic E-state index is 0.163. The van der Waals surface area contributed by atoms with E-state index in [0.717, 1.165) is 5.56 Å². The van der Waals surface area contributed by atoms with Gasteiger partial charge in [-0.25, -0.2) is 0 Å². The predicted molar refractivity (Wildman–Crippen MR) is 65.4 cm³/mol. The van der Waals surface area contributed by atoms with Crippen molar-refractivity contribution in [1.82, 2.24) is 15.5 Å². The first-order valence-corrected chi connectivity index (χ1v) is 5.71. The number of benzene rings is 1. The van der Waals surface area contributed by atoms with Gasteiger partial charge in [-0.2, -0.15) is 10.2 Å². The smallest absolute Gasteiger partial charge is 0.223 e. The van der Waals surface area contributed by atoms with Crippen LogP contribution >= 0.6 is 0 Å². The van der Waals surface area contributed by atoms with Crippen molar-refractivity contribution in [2.45, 2.75) is 26.4 Å². The van der Waals surface area contributed by atoms with Crippen LogP contribution in [-0.2, 0) is 6.54 Å². The van der Waals surface area contributed by atoms with Crippen LogP contribution in [0.4, 0.5) is 0 Å². The maximum Gasteiger partial charge on any atom is 0.223 e. The van der Waals surface area contributed by atoms with Gasteiger partial charge in [0.2, 0.25) is 5.89 Å². The minimum absolute atomic E-state index is 0.163. The second kappa shape index (κ2) is 5.43. The molecule has 1 unspecified atom stereocenters. The van der Waals surface area contributed by atoms with Crippen LogP contribution in [0.1, 0.15) is 35.8 Å². The predicted octanol–water partition coefficient (Wildman–Crippen LogP) is 2.10. The van der Waals surface area contributed by atoms with Crippen molar-refractivity contribution in [3.8, 4) is 6.07 Å². The lowest BCUT2D eigenvalue weighted by atomic mass is 10.1. The van der Waals surface area contributed by atoms with Crippen LogP contribution < -0.4 is 5.32 Å². The molecule has 0 saturated carbocycles. The molecule has 5 nitrogen and oxygen atoms in total. The number of nitriles is 1. The van der Waals surface area contributed by atoms with Crippen LogP contribution in [0.25, 0.3) is 0 Å². The van der Waals surface area contributed by atoms with E-state index in [2.05, 4.69) is 21.5 Å². The van der Waals surface area contributed by atoms with E-state index in [1.807, 2.05) is 31.2 Å². The second-order valence-corrected chi connectivity index (χ2v) is 4.07. The Morgan fingerprint density at radius 2 is 2.11 bits per heavy atom. The summed E-state index contributed by atoms with van der Waals surface area (Å²) < 4.78 is 4.90. The molecule has 0 bridgehead atoms. The first-order valence-electron chi connectivity index (χ1n) is 5.71. The molecule has 92 valence electrons. The average Bonchev–Trinajstić information content (AvgIpc) is 2.82. The summed E-state index contributed by atoms with van der Waals surface area (Å²) in [5.41, 5.74) is 1.79. The fourth-order valence-electron chi connectivity index (χ4n) is 1.62. The molecule has 1 atom stereocenters. The Hall–Kier alpha value is -2.19. The molecule has 0 aliphatic rings. The molecule has 1 heterocycles. The summed E-state index contributed by atoms with van der Waals surface area (Å²) in [6, 6.07) is 9.77. The lowest BCUT2D eigenvalue weighted by Gasteiger charge is -2.12. The Kier molecular flexibility index (Phi) is 3.70. The molecular formula is C13H14N4O. The van der Waals surface area contributed by atoms with Crippen molar-refractivity contribution in [2.75, 3.05) is 0 Å². The average molecular weight is 242 g/mol. The highest BCUT2D eigenvalue weighted by molar-refractivity contribution is 5.32. The third-order valence-corrected chi connectivity index (χ3v) is 2.68. The van der Waals surface area contributed by atoms with Crippen molar-refractivity contribution >= 4 is 0 Å². The monoisotopic (exact) mass is 242 g/mol. The molecule has 5 heteroatoms. The molecular weight excluding hydrogens is 228 g/mol. The quantitative estimate of drug-likeness (QED) is 0.888. The number of aryl methyl sites for hydroxylation is 1. The van der Waals surface area contributed by atoms with Gasteiger partial charge in [-0.3, -0.25) is 0 Å². The third kappa shape index (κ3) is 2.93. The van der Waals surface area contributed by atoms with Gasteiger partial charge in [0, 0.05) is 13.0 Å². The molecule has 1 aromatic heterocycles. The van der Waals surface area contributed by atoms with E-state index < -0.39 is 0 Å². The van der Waals surface area contributed by atoms with Crippen molar-refractivity contribution in [2.24, 2.45) is 0 Å². The Morgan fingerprint density at radius 3 is 2.67 bits per heavy atom.